The standard InChI is InChI=1S/C23H26N4O/c1-26-17-9-10-18(26)13-16(12-17)25-23(28)21-19-7-3-4-8-20(19)27(2)22(21)15-6-5-11-24-14-15/h3-8,11,14,16-18H,9-10,12-13H2,1-2H3,(H,25,28)/t16?,17-,18+. The second kappa shape index (κ2) is 6.74. The van der Waals surface area contributed by atoms with Gasteiger partial charge in [0, 0.05) is 54.0 Å². The van der Waals surface area contributed by atoms with Gasteiger partial charge in [-0.2, -0.15) is 0 Å². The normalized spacial score (nSPS) is 24.6. The number of fused-ring (bicyclic) bond motifs is 3. The number of nitrogens with zero attached hydrogens (tertiary/aromatic N) is 3. The molecule has 2 bridgehead atoms. The van der Waals surface area contributed by atoms with Crippen molar-refractivity contribution in [2.75, 3.05) is 7.05 Å². The molecule has 5 heteroatoms. The monoisotopic (exact) mass is 374 g/mol. The summed E-state index contributed by atoms with van der Waals surface area (Å²) < 4.78 is 2.11. The smallest absolute Gasteiger partial charge is 0.254 e. The van der Waals surface area contributed by atoms with Gasteiger partial charge in [0.05, 0.1) is 11.3 Å². The molecule has 5 nitrogen and oxygen atoms in total. The second-order valence-corrected chi connectivity index (χ2v) is 8.23. The van der Waals surface area contributed by atoms with E-state index in [1.807, 2.05) is 43.6 Å². The van der Waals surface area contributed by atoms with Crippen molar-refractivity contribution in [1.29, 1.82) is 0 Å². The minimum Gasteiger partial charge on any atom is -0.349 e. The zero-order valence-electron chi connectivity index (χ0n) is 16.4. The molecule has 0 aliphatic carbocycles. The fraction of sp³-hybridized carbons (Fsp3) is 0.391. The topological polar surface area (TPSA) is 50.2 Å². The maximum Gasteiger partial charge on any atom is 0.254 e. The van der Waals surface area contributed by atoms with Gasteiger partial charge in [-0.3, -0.25) is 9.78 Å². The van der Waals surface area contributed by atoms with Crippen LogP contribution in [0.1, 0.15) is 36.0 Å². The van der Waals surface area contributed by atoms with Gasteiger partial charge in [-0.15, -0.1) is 0 Å². The van der Waals surface area contributed by atoms with Crippen molar-refractivity contribution in [2.24, 2.45) is 7.05 Å². The molecule has 4 heterocycles. The number of piperidine rings is 1. The molecular formula is C23H26N4O. The van der Waals surface area contributed by atoms with Gasteiger partial charge in [0.25, 0.3) is 5.91 Å². The van der Waals surface area contributed by atoms with Crippen molar-refractivity contribution in [3.8, 4) is 11.3 Å². The number of rotatable bonds is 3. The number of aryl methyl sites for hydroxylation is 1. The first-order chi connectivity index (χ1) is 13.6. The highest BCUT2D eigenvalue weighted by Gasteiger charge is 2.39. The van der Waals surface area contributed by atoms with Gasteiger partial charge in [0.2, 0.25) is 0 Å². The van der Waals surface area contributed by atoms with Crippen LogP contribution in [-0.4, -0.2) is 45.5 Å². The van der Waals surface area contributed by atoms with Gasteiger partial charge in [-0.1, -0.05) is 18.2 Å². The molecule has 1 amide bonds. The summed E-state index contributed by atoms with van der Waals surface area (Å²) in [4.78, 5) is 20.3. The van der Waals surface area contributed by atoms with Crippen LogP contribution in [-0.2, 0) is 7.05 Å². The average Bonchev–Trinajstić information content (AvgIpc) is 3.10. The van der Waals surface area contributed by atoms with E-state index in [4.69, 9.17) is 0 Å². The zero-order valence-corrected chi connectivity index (χ0v) is 16.4. The Morgan fingerprint density at radius 1 is 1.07 bits per heavy atom. The SMILES string of the molecule is CN1[C@@H]2CC[C@H]1CC(NC(=O)c1c(-c3cccnc3)n(C)c3ccccc13)C2. The lowest BCUT2D eigenvalue weighted by Crippen LogP contribution is -2.48. The molecule has 3 aromatic rings. The van der Waals surface area contributed by atoms with E-state index in [1.54, 1.807) is 6.20 Å². The summed E-state index contributed by atoms with van der Waals surface area (Å²) in [5, 5.41) is 4.37. The number of hydrogen-bond acceptors (Lipinski definition) is 3. The molecule has 0 saturated carbocycles. The van der Waals surface area contributed by atoms with E-state index in [9.17, 15) is 4.79 Å². The lowest BCUT2D eigenvalue weighted by molar-refractivity contribution is 0.0884. The number of aromatic nitrogens is 2. The maximum absolute atomic E-state index is 13.5. The first-order valence-corrected chi connectivity index (χ1v) is 10.1. The van der Waals surface area contributed by atoms with E-state index < -0.39 is 0 Å². The van der Waals surface area contributed by atoms with E-state index in [0.717, 1.165) is 40.6 Å². The number of benzene rings is 1. The third kappa shape index (κ3) is 2.73. The molecule has 1 unspecified atom stereocenters. The summed E-state index contributed by atoms with van der Waals surface area (Å²) in [6.45, 7) is 0. The van der Waals surface area contributed by atoms with Crippen LogP contribution < -0.4 is 5.32 Å². The summed E-state index contributed by atoms with van der Waals surface area (Å²) in [5.41, 5.74) is 3.73. The molecule has 2 aliphatic rings. The van der Waals surface area contributed by atoms with E-state index in [-0.39, 0.29) is 11.9 Å². The van der Waals surface area contributed by atoms with Gasteiger partial charge >= 0.3 is 0 Å². The van der Waals surface area contributed by atoms with Crippen molar-refractivity contribution >= 4 is 16.8 Å². The summed E-state index contributed by atoms with van der Waals surface area (Å²) in [7, 11) is 4.25. The first-order valence-electron chi connectivity index (χ1n) is 10.1. The molecular weight excluding hydrogens is 348 g/mol. The van der Waals surface area contributed by atoms with Gasteiger partial charge in [-0.05, 0) is 50.9 Å². The Balaban J connectivity index is 1.54. The van der Waals surface area contributed by atoms with Gasteiger partial charge in [0.15, 0.2) is 0 Å². The van der Waals surface area contributed by atoms with Crippen LogP contribution in [0.2, 0.25) is 0 Å². The summed E-state index contributed by atoms with van der Waals surface area (Å²) in [6, 6.07) is 13.5. The summed E-state index contributed by atoms with van der Waals surface area (Å²) >= 11 is 0. The fourth-order valence-electron chi connectivity index (χ4n) is 5.25. The Morgan fingerprint density at radius 3 is 2.54 bits per heavy atom. The molecule has 2 aliphatic heterocycles. The molecule has 28 heavy (non-hydrogen) atoms. The Bertz CT molecular complexity index is 1010. The van der Waals surface area contributed by atoms with Crippen LogP contribution in [0, 0.1) is 0 Å². The van der Waals surface area contributed by atoms with Crippen molar-refractivity contribution < 1.29 is 4.79 Å². The van der Waals surface area contributed by atoms with Gasteiger partial charge < -0.3 is 14.8 Å². The predicted octanol–water partition coefficient (Wildman–Crippen LogP) is 3.60. The van der Waals surface area contributed by atoms with Gasteiger partial charge in [-0.25, -0.2) is 0 Å². The first kappa shape index (κ1) is 17.4. The molecule has 0 radical (unpaired) electrons. The van der Waals surface area contributed by atoms with E-state index >= 15 is 0 Å². The molecule has 1 aromatic carbocycles. The molecule has 5 rings (SSSR count). The molecule has 2 aromatic heterocycles. The minimum atomic E-state index is 0.0320. The van der Waals surface area contributed by atoms with Crippen LogP contribution in [0.25, 0.3) is 22.2 Å². The van der Waals surface area contributed by atoms with E-state index in [0.29, 0.717) is 12.1 Å². The largest absolute Gasteiger partial charge is 0.349 e. The lowest BCUT2D eigenvalue weighted by Gasteiger charge is -2.36. The molecule has 2 saturated heterocycles. The minimum absolute atomic E-state index is 0.0320. The number of pyridine rings is 1. The highest BCUT2D eigenvalue weighted by atomic mass is 16.1. The Hall–Kier alpha value is -2.66. The molecule has 0 spiro atoms. The van der Waals surface area contributed by atoms with Crippen LogP contribution >= 0.6 is 0 Å². The predicted molar refractivity (Wildman–Crippen MR) is 111 cm³/mol. The summed E-state index contributed by atoms with van der Waals surface area (Å²) in [6.07, 6.45) is 8.20. The van der Waals surface area contributed by atoms with Crippen molar-refractivity contribution in [1.82, 2.24) is 19.8 Å². The second-order valence-electron chi connectivity index (χ2n) is 8.23. The van der Waals surface area contributed by atoms with Gasteiger partial charge in [0.1, 0.15) is 0 Å². The van der Waals surface area contributed by atoms with Crippen LogP contribution in [0.5, 0.6) is 0 Å². The van der Waals surface area contributed by atoms with Crippen molar-refractivity contribution in [3.05, 3.63) is 54.4 Å². The number of nitrogens with one attached hydrogen (secondary N) is 1. The van der Waals surface area contributed by atoms with Crippen molar-refractivity contribution in [3.63, 3.8) is 0 Å². The van der Waals surface area contributed by atoms with Crippen LogP contribution in [0.3, 0.4) is 0 Å². The maximum atomic E-state index is 13.5. The van der Waals surface area contributed by atoms with Crippen LogP contribution in [0.15, 0.2) is 48.8 Å². The van der Waals surface area contributed by atoms with Crippen LogP contribution in [0.4, 0.5) is 0 Å². The lowest BCUT2D eigenvalue weighted by atomic mass is 9.97. The quantitative estimate of drug-likeness (QED) is 0.762. The number of amides is 1. The Kier molecular flexibility index (Phi) is 4.20. The molecule has 1 N–H and O–H groups in total. The number of para-hydroxylation sites is 1. The average molecular weight is 374 g/mol. The number of hydrogen-bond donors (Lipinski definition) is 1. The summed E-state index contributed by atoms with van der Waals surface area (Å²) in [5.74, 6) is 0.0320. The van der Waals surface area contributed by atoms with Crippen molar-refractivity contribution in [2.45, 2.75) is 43.8 Å². The third-order valence-corrected chi connectivity index (χ3v) is 6.70. The third-order valence-electron chi connectivity index (χ3n) is 6.70. The Morgan fingerprint density at radius 2 is 1.82 bits per heavy atom. The molecule has 144 valence electrons. The molecule has 2 fully saturated rings. The molecule has 3 atom stereocenters. The number of carbonyl (C=O) groups excluding carboxylic acids is 1. The Labute approximate surface area is 165 Å². The highest BCUT2D eigenvalue weighted by molar-refractivity contribution is 6.12. The van der Waals surface area contributed by atoms with E-state index in [1.165, 1.54) is 12.8 Å². The highest BCUT2D eigenvalue weighted by Crippen LogP contribution is 2.36. The zero-order chi connectivity index (χ0) is 19.3. The fourth-order valence-corrected chi connectivity index (χ4v) is 5.25. The number of carbonyl (C=O) groups is 1. The van der Waals surface area contributed by atoms with E-state index in [2.05, 4.69) is 32.9 Å².